The first-order chi connectivity index (χ1) is 7.74. The Morgan fingerprint density at radius 3 is 2.81 bits per heavy atom. The molecular formula is C11H19N3OS. The van der Waals surface area contributed by atoms with Crippen molar-refractivity contribution in [2.24, 2.45) is 5.73 Å². The molecule has 0 spiro atoms. The molecule has 1 aromatic rings. The summed E-state index contributed by atoms with van der Waals surface area (Å²) in [7, 11) is 0. The van der Waals surface area contributed by atoms with Crippen molar-refractivity contribution in [3.05, 3.63) is 11.7 Å². The van der Waals surface area contributed by atoms with Crippen molar-refractivity contribution >= 4 is 11.8 Å². The summed E-state index contributed by atoms with van der Waals surface area (Å²) in [6.07, 6.45) is 8.49. The molecular weight excluding hydrogens is 222 g/mol. The fourth-order valence-corrected chi connectivity index (χ4v) is 2.53. The van der Waals surface area contributed by atoms with Crippen molar-refractivity contribution < 1.29 is 4.52 Å². The van der Waals surface area contributed by atoms with E-state index in [-0.39, 0.29) is 5.54 Å². The molecule has 1 aliphatic rings. The van der Waals surface area contributed by atoms with E-state index in [1.807, 2.05) is 0 Å². The number of aromatic nitrogens is 2. The fourth-order valence-electron chi connectivity index (χ4n) is 2.15. The van der Waals surface area contributed by atoms with Crippen LogP contribution in [0.25, 0.3) is 0 Å². The Kier molecular flexibility index (Phi) is 3.86. The number of nitrogens with zero attached hydrogens (tertiary/aromatic N) is 2. The Balaban J connectivity index is 2.05. The molecule has 1 fully saturated rings. The highest BCUT2D eigenvalue weighted by Crippen LogP contribution is 2.32. The van der Waals surface area contributed by atoms with E-state index in [4.69, 9.17) is 10.3 Å². The van der Waals surface area contributed by atoms with E-state index < -0.39 is 0 Å². The largest absolute Gasteiger partial charge is 0.339 e. The normalized spacial score (nSPS) is 19.9. The molecule has 2 N–H and O–H groups in total. The standard InChI is InChI=1S/C11H19N3OS/c1-16-8-5-9-13-10(14-15-9)11(12)6-3-2-4-7-11/h2-8,12H2,1H3. The zero-order valence-electron chi connectivity index (χ0n) is 9.74. The second-order valence-electron chi connectivity index (χ2n) is 4.47. The van der Waals surface area contributed by atoms with Gasteiger partial charge in [0, 0.05) is 12.2 Å². The topological polar surface area (TPSA) is 64.9 Å². The van der Waals surface area contributed by atoms with Crippen molar-refractivity contribution in [3.8, 4) is 0 Å². The first kappa shape index (κ1) is 11.9. The molecule has 1 aliphatic carbocycles. The maximum absolute atomic E-state index is 6.33. The SMILES string of the molecule is CSCCc1nc(C2(N)CCCCC2)no1. The van der Waals surface area contributed by atoms with Crippen LogP contribution in [0.15, 0.2) is 4.52 Å². The van der Waals surface area contributed by atoms with Gasteiger partial charge in [0.05, 0.1) is 5.54 Å². The molecule has 5 heteroatoms. The predicted octanol–water partition coefficient (Wildman–Crippen LogP) is 2.09. The summed E-state index contributed by atoms with van der Waals surface area (Å²) in [5.74, 6) is 2.45. The second-order valence-corrected chi connectivity index (χ2v) is 5.46. The molecule has 2 rings (SSSR count). The molecule has 1 aromatic heterocycles. The highest BCUT2D eigenvalue weighted by Gasteiger charge is 2.34. The van der Waals surface area contributed by atoms with E-state index >= 15 is 0 Å². The van der Waals surface area contributed by atoms with E-state index in [2.05, 4.69) is 16.4 Å². The molecule has 0 unspecified atom stereocenters. The lowest BCUT2D eigenvalue weighted by molar-refractivity contribution is 0.273. The minimum atomic E-state index is -0.334. The van der Waals surface area contributed by atoms with Crippen LogP contribution in [-0.2, 0) is 12.0 Å². The zero-order valence-corrected chi connectivity index (χ0v) is 10.6. The Labute approximate surface area is 100 Å². The van der Waals surface area contributed by atoms with Crippen LogP contribution < -0.4 is 5.73 Å². The van der Waals surface area contributed by atoms with Gasteiger partial charge in [-0.15, -0.1) is 0 Å². The summed E-state index contributed by atoms with van der Waals surface area (Å²) in [6, 6.07) is 0. The van der Waals surface area contributed by atoms with Crippen molar-refractivity contribution in [2.45, 2.75) is 44.1 Å². The van der Waals surface area contributed by atoms with Crippen LogP contribution in [0.3, 0.4) is 0 Å². The number of rotatable bonds is 4. The minimum Gasteiger partial charge on any atom is -0.339 e. The first-order valence-electron chi connectivity index (χ1n) is 5.85. The van der Waals surface area contributed by atoms with Crippen LogP contribution in [0.1, 0.15) is 43.8 Å². The van der Waals surface area contributed by atoms with Gasteiger partial charge in [-0.3, -0.25) is 0 Å². The Hall–Kier alpha value is -0.550. The van der Waals surface area contributed by atoms with Gasteiger partial charge in [-0.2, -0.15) is 16.7 Å². The summed E-state index contributed by atoms with van der Waals surface area (Å²) in [6.45, 7) is 0. The maximum atomic E-state index is 6.33. The molecule has 4 nitrogen and oxygen atoms in total. The summed E-state index contributed by atoms with van der Waals surface area (Å²) in [5, 5.41) is 4.04. The van der Waals surface area contributed by atoms with Gasteiger partial charge >= 0.3 is 0 Å². The first-order valence-corrected chi connectivity index (χ1v) is 7.25. The summed E-state index contributed by atoms with van der Waals surface area (Å²) in [4.78, 5) is 4.43. The smallest absolute Gasteiger partial charge is 0.227 e. The van der Waals surface area contributed by atoms with Crippen LogP contribution in [0, 0.1) is 0 Å². The molecule has 16 heavy (non-hydrogen) atoms. The molecule has 0 saturated heterocycles. The van der Waals surface area contributed by atoms with Crippen molar-refractivity contribution in [1.29, 1.82) is 0 Å². The van der Waals surface area contributed by atoms with Crippen LogP contribution in [0.4, 0.5) is 0 Å². The molecule has 90 valence electrons. The molecule has 0 atom stereocenters. The van der Waals surface area contributed by atoms with Gasteiger partial charge < -0.3 is 10.3 Å². The number of hydrogen-bond acceptors (Lipinski definition) is 5. The monoisotopic (exact) mass is 241 g/mol. The lowest BCUT2D eigenvalue weighted by Gasteiger charge is -2.29. The Morgan fingerprint density at radius 1 is 1.38 bits per heavy atom. The number of hydrogen-bond donors (Lipinski definition) is 1. The number of aryl methyl sites for hydroxylation is 1. The van der Waals surface area contributed by atoms with Gasteiger partial charge in [0.1, 0.15) is 0 Å². The van der Waals surface area contributed by atoms with Crippen LogP contribution in [-0.4, -0.2) is 22.1 Å². The quantitative estimate of drug-likeness (QED) is 0.874. The molecule has 1 heterocycles. The summed E-state index contributed by atoms with van der Waals surface area (Å²) in [5.41, 5.74) is 6.00. The van der Waals surface area contributed by atoms with E-state index in [1.54, 1.807) is 11.8 Å². The van der Waals surface area contributed by atoms with Gasteiger partial charge in [0.25, 0.3) is 0 Å². The Morgan fingerprint density at radius 2 is 2.12 bits per heavy atom. The van der Waals surface area contributed by atoms with Crippen molar-refractivity contribution in [1.82, 2.24) is 10.1 Å². The van der Waals surface area contributed by atoms with Crippen molar-refractivity contribution in [2.75, 3.05) is 12.0 Å². The van der Waals surface area contributed by atoms with Gasteiger partial charge in [0.15, 0.2) is 5.82 Å². The highest BCUT2D eigenvalue weighted by atomic mass is 32.2. The average molecular weight is 241 g/mol. The van der Waals surface area contributed by atoms with Gasteiger partial charge in [-0.25, -0.2) is 0 Å². The van der Waals surface area contributed by atoms with E-state index in [1.165, 1.54) is 19.3 Å². The predicted molar refractivity (Wildman–Crippen MR) is 65.3 cm³/mol. The third-order valence-electron chi connectivity index (χ3n) is 3.18. The van der Waals surface area contributed by atoms with Gasteiger partial charge in [-0.1, -0.05) is 24.4 Å². The summed E-state index contributed by atoms with van der Waals surface area (Å²) < 4.78 is 5.23. The molecule has 0 radical (unpaired) electrons. The highest BCUT2D eigenvalue weighted by molar-refractivity contribution is 7.98. The van der Waals surface area contributed by atoms with Gasteiger partial charge in [-0.05, 0) is 19.1 Å². The van der Waals surface area contributed by atoms with Crippen molar-refractivity contribution in [3.63, 3.8) is 0 Å². The van der Waals surface area contributed by atoms with E-state index in [9.17, 15) is 0 Å². The van der Waals surface area contributed by atoms with Gasteiger partial charge in [0.2, 0.25) is 5.89 Å². The fraction of sp³-hybridized carbons (Fsp3) is 0.818. The zero-order chi connectivity index (χ0) is 11.4. The lowest BCUT2D eigenvalue weighted by atomic mass is 9.82. The summed E-state index contributed by atoms with van der Waals surface area (Å²) >= 11 is 1.78. The second kappa shape index (κ2) is 5.19. The third kappa shape index (κ3) is 2.58. The third-order valence-corrected chi connectivity index (χ3v) is 3.79. The maximum Gasteiger partial charge on any atom is 0.227 e. The molecule has 1 saturated carbocycles. The van der Waals surface area contributed by atoms with Crippen LogP contribution in [0.5, 0.6) is 0 Å². The molecule has 0 aliphatic heterocycles. The number of nitrogens with two attached hydrogens (primary N) is 1. The number of thioether (sulfide) groups is 1. The minimum absolute atomic E-state index is 0.334. The van der Waals surface area contributed by atoms with Crippen LogP contribution >= 0.6 is 11.8 Å². The van der Waals surface area contributed by atoms with E-state index in [0.29, 0.717) is 5.82 Å². The lowest BCUT2D eigenvalue weighted by Crippen LogP contribution is -2.39. The molecule has 0 aromatic carbocycles. The van der Waals surface area contributed by atoms with Crippen LogP contribution in [0.2, 0.25) is 0 Å². The van der Waals surface area contributed by atoms with E-state index in [0.717, 1.165) is 30.9 Å². The molecule has 0 bridgehead atoms. The Bertz CT molecular complexity index is 334. The molecule has 0 amide bonds. The average Bonchev–Trinajstić information content (AvgIpc) is 2.77.